The molecule has 1 amide bonds. The molecule has 0 saturated carbocycles. The van der Waals surface area contributed by atoms with Crippen LogP contribution in [0.1, 0.15) is 24.2 Å². The summed E-state index contributed by atoms with van der Waals surface area (Å²) in [5.41, 5.74) is 0.467. The van der Waals surface area contributed by atoms with Crippen LogP contribution in [0.15, 0.2) is 25.0 Å². The van der Waals surface area contributed by atoms with Crippen LogP contribution in [-0.2, 0) is 0 Å². The van der Waals surface area contributed by atoms with Crippen molar-refractivity contribution in [1.29, 1.82) is 0 Å². The SMILES string of the molecule is C=CCNc1ncc(C(=O)NCC(C)C)cn1. The van der Waals surface area contributed by atoms with Gasteiger partial charge >= 0.3 is 0 Å². The van der Waals surface area contributed by atoms with E-state index in [0.29, 0.717) is 30.5 Å². The third-order valence-electron chi connectivity index (χ3n) is 1.99. The Labute approximate surface area is 101 Å². The molecule has 0 atom stereocenters. The summed E-state index contributed by atoms with van der Waals surface area (Å²) in [5.74, 6) is 0.771. The number of aromatic nitrogens is 2. The number of nitrogens with zero attached hydrogens (tertiary/aromatic N) is 2. The molecule has 0 aliphatic carbocycles. The predicted molar refractivity (Wildman–Crippen MR) is 67.9 cm³/mol. The lowest BCUT2D eigenvalue weighted by Crippen LogP contribution is -2.27. The van der Waals surface area contributed by atoms with E-state index in [1.54, 1.807) is 6.08 Å². The molecule has 92 valence electrons. The zero-order valence-corrected chi connectivity index (χ0v) is 10.2. The van der Waals surface area contributed by atoms with Crippen LogP contribution in [-0.4, -0.2) is 29.0 Å². The maximum absolute atomic E-state index is 11.6. The van der Waals surface area contributed by atoms with Crippen LogP contribution in [0.3, 0.4) is 0 Å². The summed E-state index contributed by atoms with van der Waals surface area (Å²) in [7, 11) is 0. The summed E-state index contributed by atoms with van der Waals surface area (Å²) in [6, 6.07) is 0. The molecule has 0 aliphatic rings. The molecule has 2 N–H and O–H groups in total. The van der Waals surface area contributed by atoms with Gasteiger partial charge in [0.15, 0.2) is 0 Å². The van der Waals surface area contributed by atoms with E-state index in [9.17, 15) is 4.79 Å². The minimum Gasteiger partial charge on any atom is -0.352 e. The molecule has 0 aliphatic heterocycles. The molecule has 0 saturated heterocycles. The van der Waals surface area contributed by atoms with Gasteiger partial charge in [0, 0.05) is 25.5 Å². The predicted octanol–water partition coefficient (Wildman–Crippen LogP) is 1.46. The van der Waals surface area contributed by atoms with Crippen molar-refractivity contribution in [3.8, 4) is 0 Å². The Morgan fingerprint density at radius 3 is 2.65 bits per heavy atom. The van der Waals surface area contributed by atoms with Gasteiger partial charge in [-0.25, -0.2) is 9.97 Å². The van der Waals surface area contributed by atoms with Crippen molar-refractivity contribution in [3.63, 3.8) is 0 Å². The van der Waals surface area contributed by atoms with E-state index in [1.807, 2.05) is 13.8 Å². The lowest BCUT2D eigenvalue weighted by atomic mass is 10.2. The zero-order valence-electron chi connectivity index (χ0n) is 10.2. The minimum atomic E-state index is -0.144. The molecule has 0 radical (unpaired) electrons. The second kappa shape index (κ2) is 6.62. The van der Waals surface area contributed by atoms with Crippen molar-refractivity contribution in [2.24, 2.45) is 5.92 Å². The lowest BCUT2D eigenvalue weighted by molar-refractivity contribution is 0.0948. The molecule has 1 aromatic heterocycles. The standard InChI is InChI=1S/C12H18N4O/c1-4-5-13-12-15-7-10(8-16-12)11(17)14-6-9(2)3/h4,7-9H,1,5-6H2,2-3H3,(H,14,17)(H,13,15,16). The normalized spacial score (nSPS) is 10.1. The minimum absolute atomic E-state index is 0.144. The molecule has 1 heterocycles. The van der Waals surface area contributed by atoms with Crippen molar-refractivity contribution in [1.82, 2.24) is 15.3 Å². The van der Waals surface area contributed by atoms with Crippen LogP contribution >= 0.6 is 0 Å². The van der Waals surface area contributed by atoms with Gasteiger partial charge in [0.1, 0.15) is 0 Å². The van der Waals surface area contributed by atoms with E-state index >= 15 is 0 Å². The number of rotatable bonds is 6. The number of amides is 1. The molecule has 0 bridgehead atoms. The van der Waals surface area contributed by atoms with Crippen molar-refractivity contribution < 1.29 is 4.79 Å². The average Bonchev–Trinajstić information content (AvgIpc) is 2.34. The van der Waals surface area contributed by atoms with Gasteiger partial charge in [0.05, 0.1) is 5.56 Å². The Morgan fingerprint density at radius 1 is 1.47 bits per heavy atom. The Balaban J connectivity index is 2.54. The molecule has 5 heteroatoms. The Morgan fingerprint density at radius 2 is 2.12 bits per heavy atom. The van der Waals surface area contributed by atoms with Crippen molar-refractivity contribution in [2.45, 2.75) is 13.8 Å². The number of anilines is 1. The van der Waals surface area contributed by atoms with Gasteiger partial charge < -0.3 is 10.6 Å². The molecule has 1 rings (SSSR count). The van der Waals surface area contributed by atoms with Gasteiger partial charge in [-0.3, -0.25) is 4.79 Å². The molecule has 5 nitrogen and oxygen atoms in total. The molecule has 17 heavy (non-hydrogen) atoms. The average molecular weight is 234 g/mol. The van der Waals surface area contributed by atoms with E-state index < -0.39 is 0 Å². The first kappa shape index (κ1) is 13.2. The Bertz CT molecular complexity index is 373. The highest BCUT2D eigenvalue weighted by Gasteiger charge is 2.06. The first-order valence-electron chi connectivity index (χ1n) is 5.58. The highest BCUT2D eigenvalue weighted by molar-refractivity contribution is 5.93. The van der Waals surface area contributed by atoms with Gasteiger partial charge in [0.2, 0.25) is 5.95 Å². The molecule has 0 aromatic carbocycles. The molecular weight excluding hydrogens is 216 g/mol. The summed E-state index contributed by atoms with van der Waals surface area (Å²) in [6.07, 6.45) is 4.73. The first-order chi connectivity index (χ1) is 8.13. The van der Waals surface area contributed by atoms with Gasteiger partial charge in [-0.15, -0.1) is 6.58 Å². The largest absolute Gasteiger partial charge is 0.352 e. The number of carbonyl (C=O) groups is 1. The number of carbonyl (C=O) groups excluding carboxylic acids is 1. The van der Waals surface area contributed by atoms with Gasteiger partial charge in [-0.05, 0) is 5.92 Å². The fraction of sp³-hybridized carbons (Fsp3) is 0.417. The Hall–Kier alpha value is -1.91. The summed E-state index contributed by atoms with van der Waals surface area (Å²) in [6.45, 7) is 8.91. The van der Waals surface area contributed by atoms with Crippen LogP contribution in [0, 0.1) is 5.92 Å². The smallest absolute Gasteiger partial charge is 0.254 e. The van der Waals surface area contributed by atoms with Gasteiger partial charge in [-0.1, -0.05) is 19.9 Å². The summed E-state index contributed by atoms with van der Waals surface area (Å²) >= 11 is 0. The molecule has 1 aromatic rings. The highest BCUT2D eigenvalue weighted by Crippen LogP contribution is 2.00. The van der Waals surface area contributed by atoms with E-state index in [-0.39, 0.29) is 5.91 Å². The Kier molecular flexibility index (Phi) is 5.13. The third kappa shape index (κ3) is 4.63. The highest BCUT2D eigenvalue weighted by atomic mass is 16.1. The fourth-order valence-electron chi connectivity index (χ4n) is 1.10. The number of nitrogens with one attached hydrogen (secondary N) is 2. The van der Waals surface area contributed by atoms with E-state index in [4.69, 9.17) is 0 Å². The maximum Gasteiger partial charge on any atom is 0.254 e. The molecule has 0 fully saturated rings. The second-order valence-electron chi connectivity index (χ2n) is 4.07. The van der Waals surface area contributed by atoms with Crippen LogP contribution in [0.2, 0.25) is 0 Å². The van der Waals surface area contributed by atoms with E-state index in [2.05, 4.69) is 27.2 Å². The quantitative estimate of drug-likeness (QED) is 0.731. The van der Waals surface area contributed by atoms with Crippen molar-refractivity contribution >= 4 is 11.9 Å². The zero-order chi connectivity index (χ0) is 12.7. The summed E-state index contributed by atoms with van der Waals surface area (Å²) in [5, 5.41) is 5.74. The van der Waals surface area contributed by atoms with Crippen molar-refractivity contribution in [3.05, 3.63) is 30.6 Å². The number of hydrogen-bond acceptors (Lipinski definition) is 4. The van der Waals surface area contributed by atoms with Crippen LogP contribution in [0.5, 0.6) is 0 Å². The van der Waals surface area contributed by atoms with E-state index in [1.165, 1.54) is 12.4 Å². The van der Waals surface area contributed by atoms with Gasteiger partial charge in [-0.2, -0.15) is 0 Å². The molecule has 0 unspecified atom stereocenters. The van der Waals surface area contributed by atoms with Crippen LogP contribution in [0.4, 0.5) is 5.95 Å². The van der Waals surface area contributed by atoms with Crippen LogP contribution in [0.25, 0.3) is 0 Å². The summed E-state index contributed by atoms with van der Waals surface area (Å²) in [4.78, 5) is 19.7. The van der Waals surface area contributed by atoms with Gasteiger partial charge in [0.25, 0.3) is 5.91 Å². The first-order valence-corrected chi connectivity index (χ1v) is 5.58. The molecule has 0 spiro atoms. The maximum atomic E-state index is 11.6. The molecular formula is C12H18N4O. The third-order valence-corrected chi connectivity index (χ3v) is 1.99. The lowest BCUT2D eigenvalue weighted by Gasteiger charge is -2.07. The topological polar surface area (TPSA) is 66.9 Å². The second-order valence-corrected chi connectivity index (χ2v) is 4.07. The fourth-order valence-corrected chi connectivity index (χ4v) is 1.10. The monoisotopic (exact) mass is 234 g/mol. The van der Waals surface area contributed by atoms with Crippen molar-refractivity contribution in [2.75, 3.05) is 18.4 Å². The number of hydrogen-bond donors (Lipinski definition) is 2. The van der Waals surface area contributed by atoms with Crippen LogP contribution < -0.4 is 10.6 Å². The summed E-state index contributed by atoms with van der Waals surface area (Å²) < 4.78 is 0. The van der Waals surface area contributed by atoms with E-state index in [0.717, 1.165) is 0 Å².